The van der Waals surface area contributed by atoms with E-state index < -0.39 is 17.7 Å². The van der Waals surface area contributed by atoms with Gasteiger partial charge in [0.05, 0.1) is 0 Å². The standard InChI is InChI=1S/C15H28N2O3/c1-6-11(2)12(13(18)17-9-7-8-10-17)16-14(19)20-15(3,4)5/h11-12H,6-10H2,1-5H3,(H,16,19). The number of alkyl carbamates (subject to hydrolysis) is 1. The van der Waals surface area contributed by atoms with Crippen molar-refractivity contribution in [1.82, 2.24) is 10.2 Å². The van der Waals surface area contributed by atoms with Gasteiger partial charge in [0.1, 0.15) is 11.6 Å². The summed E-state index contributed by atoms with van der Waals surface area (Å²) in [6.45, 7) is 11.0. The summed E-state index contributed by atoms with van der Waals surface area (Å²) in [5.41, 5.74) is -0.555. The lowest BCUT2D eigenvalue weighted by Crippen LogP contribution is -2.52. The molecule has 5 nitrogen and oxygen atoms in total. The molecule has 1 rings (SSSR count). The molecule has 0 radical (unpaired) electrons. The number of hydrogen-bond donors (Lipinski definition) is 1. The first-order chi connectivity index (χ1) is 9.24. The summed E-state index contributed by atoms with van der Waals surface area (Å²) in [6.07, 6.45) is 2.41. The number of carbonyl (C=O) groups is 2. The lowest BCUT2D eigenvalue weighted by molar-refractivity contribution is -0.133. The van der Waals surface area contributed by atoms with Crippen LogP contribution in [0.15, 0.2) is 0 Å². The predicted octanol–water partition coefficient (Wildman–Crippen LogP) is 2.55. The van der Waals surface area contributed by atoms with Crippen molar-refractivity contribution in [3.8, 4) is 0 Å². The smallest absolute Gasteiger partial charge is 0.408 e. The first-order valence-corrected chi connectivity index (χ1v) is 7.53. The van der Waals surface area contributed by atoms with E-state index in [2.05, 4.69) is 5.32 Å². The van der Waals surface area contributed by atoms with Crippen molar-refractivity contribution >= 4 is 12.0 Å². The fourth-order valence-corrected chi connectivity index (χ4v) is 2.25. The molecule has 0 aromatic rings. The van der Waals surface area contributed by atoms with Crippen LogP contribution in [0.1, 0.15) is 53.9 Å². The van der Waals surface area contributed by atoms with Gasteiger partial charge >= 0.3 is 6.09 Å². The molecule has 0 aromatic carbocycles. The highest BCUT2D eigenvalue weighted by atomic mass is 16.6. The molecule has 1 saturated heterocycles. The van der Waals surface area contributed by atoms with Gasteiger partial charge in [0.2, 0.25) is 5.91 Å². The highest BCUT2D eigenvalue weighted by Crippen LogP contribution is 2.16. The van der Waals surface area contributed by atoms with E-state index in [-0.39, 0.29) is 11.8 Å². The lowest BCUT2D eigenvalue weighted by Gasteiger charge is -2.29. The third kappa shape index (κ3) is 5.02. The monoisotopic (exact) mass is 284 g/mol. The van der Waals surface area contributed by atoms with Crippen LogP contribution in [-0.4, -0.2) is 41.6 Å². The van der Waals surface area contributed by atoms with Gasteiger partial charge in [-0.1, -0.05) is 20.3 Å². The maximum absolute atomic E-state index is 12.5. The minimum atomic E-state index is -0.555. The molecule has 5 heteroatoms. The molecule has 1 N–H and O–H groups in total. The van der Waals surface area contributed by atoms with Crippen molar-refractivity contribution < 1.29 is 14.3 Å². The molecule has 1 fully saturated rings. The van der Waals surface area contributed by atoms with E-state index in [1.807, 2.05) is 39.5 Å². The van der Waals surface area contributed by atoms with Crippen LogP contribution in [0.3, 0.4) is 0 Å². The number of rotatable bonds is 4. The maximum Gasteiger partial charge on any atom is 0.408 e. The molecule has 0 spiro atoms. The van der Waals surface area contributed by atoms with Gasteiger partial charge in [-0.25, -0.2) is 4.79 Å². The summed E-state index contributed by atoms with van der Waals surface area (Å²) in [6, 6.07) is -0.493. The van der Waals surface area contributed by atoms with E-state index >= 15 is 0 Å². The van der Waals surface area contributed by atoms with Crippen LogP contribution in [0.25, 0.3) is 0 Å². The maximum atomic E-state index is 12.5. The normalized spacial score (nSPS) is 18.6. The first-order valence-electron chi connectivity index (χ1n) is 7.53. The van der Waals surface area contributed by atoms with Crippen LogP contribution in [-0.2, 0) is 9.53 Å². The molecule has 2 unspecified atom stereocenters. The zero-order valence-electron chi connectivity index (χ0n) is 13.4. The SMILES string of the molecule is CCC(C)C(NC(=O)OC(C)(C)C)C(=O)N1CCCC1. The van der Waals surface area contributed by atoms with E-state index in [4.69, 9.17) is 4.74 Å². The minimum absolute atomic E-state index is 0.0164. The molecule has 0 bridgehead atoms. The van der Waals surface area contributed by atoms with Crippen LogP contribution in [0.5, 0.6) is 0 Å². The Bertz CT molecular complexity index is 344. The van der Waals surface area contributed by atoms with Crippen molar-refractivity contribution in [1.29, 1.82) is 0 Å². The van der Waals surface area contributed by atoms with Crippen molar-refractivity contribution in [2.75, 3.05) is 13.1 Å². The quantitative estimate of drug-likeness (QED) is 0.863. The molecule has 116 valence electrons. The number of likely N-dealkylation sites (tertiary alicyclic amines) is 1. The second kappa shape index (κ2) is 6.95. The minimum Gasteiger partial charge on any atom is -0.444 e. The Morgan fingerprint density at radius 1 is 1.25 bits per heavy atom. The highest BCUT2D eigenvalue weighted by Gasteiger charge is 2.32. The second-order valence-corrected chi connectivity index (χ2v) is 6.54. The van der Waals surface area contributed by atoms with E-state index in [9.17, 15) is 9.59 Å². The first kappa shape index (κ1) is 16.8. The average Bonchev–Trinajstić information content (AvgIpc) is 2.85. The van der Waals surface area contributed by atoms with Crippen LogP contribution in [0, 0.1) is 5.92 Å². The Labute approximate surface area is 122 Å². The number of ether oxygens (including phenoxy) is 1. The van der Waals surface area contributed by atoms with Crippen LogP contribution < -0.4 is 5.32 Å². The Kier molecular flexibility index (Phi) is 5.84. The Morgan fingerprint density at radius 2 is 1.80 bits per heavy atom. The molecule has 0 aliphatic carbocycles. The molecule has 0 saturated carbocycles. The average molecular weight is 284 g/mol. The van der Waals surface area contributed by atoms with Gasteiger partial charge in [-0.05, 0) is 39.5 Å². The molecule has 20 heavy (non-hydrogen) atoms. The summed E-state index contributed by atoms with van der Waals surface area (Å²) in [7, 11) is 0. The van der Waals surface area contributed by atoms with Crippen molar-refractivity contribution in [2.24, 2.45) is 5.92 Å². The fourth-order valence-electron chi connectivity index (χ4n) is 2.25. The molecular weight excluding hydrogens is 256 g/mol. The van der Waals surface area contributed by atoms with Gasteiger partial charge < -0.3 is 15.0 Å². The van der Waals surface area contributed by atoms with Crippen LogP contribution >= 0.6 is 0 Å². The van der Waals surface area contributed by atoms with Gasteiger partial charge in [0.15, 0.2) is 0 Å². The van der Waals surface area contributed by atoms with Crippen LogP contribution in [0.4, 0.5) is 4.79 Å². The van der Waals surface area contributed by atoms with E-state index in [0.717, 1.165) is 32.4 Å². The van der Waals surface area contributed by atoms with Gasteiger partial charge in [0, 0.05) is 13.1 Å². The van der Waals surface area contributed by atoms with Gasteiger partial charge in [-0.15, -0.1) is 0 Å². The van der Waals surface area contributed by atoms with E-state index in [0.29, 0.717) is 0 Å². The predicted molar refractivity (Wildman–Crippen MR) is 78.4 cm³/mol. The molecule has 1 aliphatic heterocycles. The molecule has 1 heterocycles. The zero-order valence-corrected chi connectivity index (χ0v) is 13.4. The lowest BCUT2D eigenvalue weighted by atomic mass is 9.98. The van der Waals surface area contributed by atoms with E-state index in [1.165, 1.54) is 0 Å². The molecular formula is C15H28N2O3. The molecule has 2 atom stereocenters. The Morgan fingerprint density at radius 3 is 2.25 bits per heavy atom. The van der Waals surface area contributed by atoms with Crippen molar-refractivity contribution in [3.63, 3.8) is 0 Å². The summed E-state index contributed by atoms with van der Waals surface area (Å²) < 4.78 is 5.25. The molecule has 2 amide bonds. The van der Waals surface area contributed by atoms with E-state index in [1.54, 1.807) is 0 Å². The highest BCUT2D eigenvalue weighted by molar-refractivity contribution is 5.86. The van der Waals surface area contributed by atoms with Crippen molar-refractivity contribution in [2.45, 2.75) is 65.5 Å². The van der Waals surface area contributed by atoms with Gasteiger partial charge in [-0.2, -0.15) is 0 Å². The third-order valence-electron chi connectivity index (χ3n) is 3.57. The van der Waals surface area contributed by atoms with Crippen molar-refractivity contribution in [3.05, 3.63) is 0 Å². The number of amides is 2. The second-order valence-electron chi connectivity index (χ2n) is 6.54. The van der Waals surface area contributed by atoms with Gasteiger partial charge in [-0.3, -0.25) is 4.79 Å². The number of nitrogens with one attached hydrogen (secondary N) is 1. The summed E-state index contributed by atoms with van der Waals surface area (Å²) in [4.78, 5) is 26.2. The fraction of sp³-hybridized carbons (Fsp3) is 0.867. The topological polar surface area (TPSA) is 58.6 Å². The van der Waals surface area contributed by atoms with Gasteiger partial charge in [0.25, 0.3) is 0 Å². The zero-order chi connectivity index (χ0) is 15.3. The molecule has 0 aromatic heterocycles. The number of hydrogen-bond acceptors (Lipinski definition) is 3. The van der Waals surface area contributed by atoms with Crippen LogP contribution in [0.2, 0.25) is 0 Å². The Hall–Kier alpha value is -1.26. The number of carbonyl (C=O) groups excluding carboxylic acids is 2. The number of nitrogens with zero attached hydrogens (tertiary/aromatic N) is 1. The third-order valence-corrected chi connectivity index (χ3v) is 3.57. The summed E-state index contributed by atoms with van der Waals surface area (Å²) in [5.74, 6) is 0.110. The molecule has 1 aliphatic rings. The summed E-state index contributed by atoms with van der Waals surface area (Å²) >= 11 is 0. The largest absolute Gasteiger partial charge is 0.444 e. The Balaban J connectivity index is 2.69. The summed E-state index contributed by atoms with van der Waals surface area (Å²) in [5, 5.41) is 2.75.